The van der Waals surface area contributed by atoms with E-state index in [1.165, 1.54) is 44.1 Å². The number of hydrogen-bond donors (Lipinski definition) is 2. The Morgan fingerprint density at radius 3 is 2.44 bits per heavy atom. The van der Waals surface area contributed by atoms with E-state index in [9.17, 15) is 0 Å². The van der Waals surface area contributed by atoms with Crippen LogP contribution in [0.1, 0.15) is 56.7 Å². The molecule has 4 saturated carbocycles. The van der Waals surface area contributed by atoms with Gasteiger partial charge in [-0.2, -0.15) is 0 Å². The van der Waals surface area contributed by atoms with Crippen molar-refractivity contribution in [1.82, 2.24) is 9.97 Å². The van der Waals surface area contributed by atoms with Gasteiger partial charge in [0.25, 0.3) is 0 Å². The molecule has 0 atom stereocenters. The molecule has 0 saturated heterocycles. The Hall–Kier alpha value is -1.48. The van der Waals surface area contributed by atoms with E-state index in [2.05, 4.69) is 29.2 Å². The van der Waals surface area contributed by atoms with Crippen molar-refractivity contribution in [2.24, 2.45) is 22.7 Å². The number of aromatic amines is 2. The van der Waals surface area contributed by atoms with Gasteiger partial charge in [0.2, 0.25) is 0 Å². The van der Waals surface area contributed by atoms with Crippen LogP contribution in [-0.2, 0) is 6.42 Å². The Labute approximate surface area is 154 Å². The third-order valence-corrected chi connectivity index (χ3v) is 7.18. The first-order chi connectivity index (χ1) is 12.2. The molecule has 3 nitrogen and oxygen atoms in total. The van der Waals surface area contributed by atoms with Crippen LogP contribution in [-0.4, -0.2) is 21.7 Å². The third-order valence-electron chi connectivity index (χ3n) is 6.76. The van der Waals surface area contributed by atoms with Gasteiger partial charge < -0.3 is 9.97 Å². The first-order valence-corrected chi connectivity index (χ1v) is 10.1. The molecular weight excluding hydrogens is 330 g/mol. The van der Waals surface area contributed by atoms with Crippen LogP contribution in [0.2, 0.25) is 5.02 Å². The summed E-state index contributed by atoms with van der Waals surface area (Å²) in [5, 5.41) is 0.830. The summed E-state index contributed by atoms with van der Waals surface area (Å²) in [4.78, 5) is 12.0. The van der Waals surface area contributed by atoms with Crippen LogP contribution < -0.4 is 0 Å². The summed E-state index contributed by atoms with van der Waals surface area (Å²) in [5.74, 6) is 2.78. The van der Waals surface area contributed by atoms with Crippen LogP contribution in [0.25, 0.3) is 11.4 Å². The van der Waals surface area contributed by atoms with Crippen LogP contribution in [0.4, 0.5) is 0 Å². The molecule has 4 aliphatic carbocycles. The molecule has 0 spiro atoms. The minimum atomic E-state index is 0.212. The summed E-state index contributed by atoms with van der Waals surface area (Å²) in [6.07, 6.45) is 13.2. The molecule has 4 heteroatoms. The van der Waals surface area contributed by atoms with E-state index < -0.39 is 0 Å². The largest absolute Gasteiger partial charge is 0.360 e. The highest BCUT2D eigenvalue weighted by Crippen LogP contribution is 2.57. The maximum atomic E-state index is 6.66. The number of rotatable bonds is 4. The van der Waals surface area contributed by atoms with Gasteiger partial charge in [0.1, 0.15) is 0 Å². The highest BCUT2D eigenvalue weighted by atomic mass is 35.5. The monoisotopic (exact) mass is 355 g/mol. The Balaban J connectivity index is 1.48. The molecule has 0 aliphatic heterocycles. The van der Waals surface area contributed by atoms with E-state index in [1.807, 2.05) is 12.3 Å². The SMILES string of the molecule is CCc1c(C=NC23CC4CC(CC(C4)C2)C3)[nH]c(-c2ccc[nH]2)c1Cl. The molecule has 2 aromatic heterocycles. The molecule has 2 N–H and O–H groups in total. The van der Waals surface area contributed by atoms with Crippen LogP contribution in [0.3, 0.4) is 0 Å². The molecule has 2 aromatic rings. The molecule has 0 amide bonds. The zero-order valence-electron chi connectivity index (χ0n) is 14.8. The topological polar surface area (TPSA) is 43.9 Å². The van der Waals surface area contributed by atoms with Crippen LogP contribution in [0.15, 0.2) is 23.3 Å². The minimum absolute atomic E-state index is 0.212. The second-order valence-corrected chi connectivity index (χ2v) is 8.92. The van der Waals surface area contributed by atoms with Crippen molar-refractivity contribution in [2.45, 2.75) is 57.4 Å². The summed E-state index contributed by atoms with van der Waals surface area (Å²) in [7, 11) is 0. The first-order valence-electron chi connectivity index (χ1n) is 9.75. The lowest BCUT2D eigenvalue weighted by atomic mass is 9.53. The van der Waals surface area contributed by atoms with Gasteiger partial charge in [-0.15, -0.1) is 0 Å². The zero-order chi connectivity index (χ0) is 17.0. The lowest BCUT2D eigenvalue weighted by Gasteiger charge is -2.54. The number of nitrogens with one attached hydrogen (secondary N) is 2. The van der Waals surface area contributed by atoms with Crippen molar-refractivity contribution in [3.63, 3.8) is 0 Å². The molecule has 0 aromatic carbocycles. The molecule has 25 heavy (non-hydrogen) atoms. The van der Waals surface area contributed by atoms with Gasteiger partial charge in [0.15, 0.2) is 0 Å². The fourth-order valence-corrected chi connectivity index (χ4v) is 6.47. The molecule has 4 bridgehead atoms. The fraction of sp³-hybridized carbons (Fsp3) is 0.571. The highest BCUT2D eigenvalue weighted by molar-refractivity contribution is 6.34. The standard InChI is InChI=1S/C21H26ClN3/c1-2-16-18(25-20(19(16)22)17-4-3-5-23-17)12-24-21-9-13-6-14(10-21)8-15(7-13)11-21/h3-5,12-15,23,25H,2,6-11H2,1H3. The number of halogens is 1. The molecule has 2 heterocycles. The van der Waals surface area contributed by atoms with E-state index in [-0.39, 0.29) is 5.54 Å². The van der Waals surface area contributed by atoms with Gasteiger partial charge in [-0.3, -0.25) is 4.99 Å². The maximum Gasteiger partial charge on any atom is 0.0816 e. The van der Waals surface area contributed by atoms with Gasteiger partial charge in [-0.25, -0.2) is 0 Å². The first kappa shape index (κ1) is 15.7. The predicted octanol–water partition coefficient (Wildman–Crippen LogP) is 5.61. The summed E-state index contributed by atoms with van der Waals surface area (Å²) in [5.41, 5.74) is 4.50. The van der Waals surface area contributed by atoms with Gasteiger partial charge in [-0.1, -0.05) is 18.5 Å². The average Bonchev–Trinajstić information content (AvgIpc) is 3.19. The molecular formula is C21H26ClN3. The molecule has 0 radical (unpaired) electrons. The Kier molecular flexibility index (Phi) is 3.63. The summed E-state index contributed by atoms with van der Waals surface area (Å²) < 4.78 is 0. The highest BCUT2D eigenvalue weighted by Gasteiger charge is 2.50. The number of aliphatic imine (C=N–C) groups is 1. The average molecular weight is 356 g/mol. The molecule has 4 fully saturated rings. The quantitative estimate of drug-likeness (QED) is 0.669. The van der Waals surface area contributed by atoms with Gasteiger partial charge in [0, 0.05) is 12.4 Å². The number of H-pyrrole nitrogens is 2. The van der Waals surface area contributed by atoms with Crippen LogP contribution >= 0.6 is 11.6 Å². The smallest absolute Gasteiger partial charge is 0.0816 e. The third kappa shape index (κ3) is 2.59. The summed E-state index contributed by atoms with van der Waals surface area (Å²) in [6, 6.07) is 4.05. The zero-order valence-corrected chi connectivity index (χ0v) is 15.6. The van der Waals surface area contributed by atoms with E-state index >= 15 is 0 Å². The Bertz CT molecular complexity index is 764. The van der Waals surface area contributed by atoms with Crippen molar-refractivity contribution in [3.05, 3.63) is 34.6 Å². The summed E-state index contributed by atoms with van der Waals surface area (Å²) >= 11 is 6.66. The van der Waals surface area contributed by atoms with Crippen molar-refractivity contribution >= 4 is 17.8 Å². The Morgan fingerprint density at radius 1 is 1.20 bits per heavy atom. The molecule has 132 valence electrons. The van der Waals surface area contributed by atoms with Crippen molar-refractivity contribution in [2.75, 3.05) is 0 Å². The van der Waals surface area contributed by atoms with Crippen LogP contribution in [0.5, 0.6) is 0 Å². The second kappa shape index (κ2) is 5.77. The fourth-order valence-electron chi connectivity index (χ4n) is 6.09. The van der Waals surface area contributed by atoms with Gasteiger partial charge in [-0.05, 0) is 80.4 Å². The van der Waals surface area contributed by atoms with Gasteiger partial charge >= 0.3 is 0 Å². The van der Waals surface area contributed by atoms with E-state index in [0.717, 1.165) is 46.3 Å². The van der Waals surface area contributed by atoms with Crippen molar-refractivity contribution in [3.8, 4) is 11.4 Å². The van der Waals surface area contributed by atoms with Crippen molar-refractivity contribution in [1.29, 1.82) is 0 Å². The number of hydrogen-bond acceptors (Lipinski definition) is 1. The predicted molar refractivity (Wildman–Crippen MR) is 103 cm³/mol. The van der Waals surface area contributed by atoms with E-state index in [0.29, 0.717) is 0 Å². The maximum absolute atomic E-state index is 6.66. The normalized spacial score (nSPS) is 33.6. The Morgan fingerprint density at radius 2 is 1.88 bits per heavy atom. The molecule has 6 rings (SSSR count). The van der Waals surface area contributed by atoms with E-state index in [4.69, 9.17) is 16.6 Å². The minimum Gasteiger partial charge on any atom is -0.360 e. The lowest BCUT2D eigenvalue weighted by Crippen LogP contribution is -2.49. The van der Waals surface area contributed by atoms with Gasteiger partial charge in [0.05, 0.1) is 27.6 Å². The van der Waals surface area contributed by atoms with Crippen LogP contribution in [0, 0.1) is 17.8 Å². The second-order valence-electron chi connectivity index (χ2n) is 8.54. The van der Waals surface area contributed by atoms with E-state index in [1.54, 1.807) is 0 Å². The number of aromatic nitrogens is 2. The lowest BCUT2D eigenvalue weighted by molar-refractivity contribution is 0.00194. The van der Waals surface area contributed by atoms with Crippen molar-refractivity contribution < 1.29 is 0 Å². The summed E-state index contributed by atoms with van der Waals surface area (Å²) in [6.45, 7) is 2.16. The molecule has 0 unspecified atom stereocenters. The molecule has 4 aliphatic rings. The number of nitrogens with zero attached hydrogens (tertiary/aromatic N) is 1.